The van der Waals surface area contributed by atoms with E-state index in [9.17, 15) is 9.18 Å². The summed E-state index contributed by atoms with van der Waals surface area (Å²) < 4.78 is 20.5. The van der Waals surface area contributed by atoms with Gasteiger partial charge in [0, 0.05) is 26.2 Å². The molecule has 0 unspecified atom stereocenters. The predicted octanol–water partition coefficient (Wildman–Crippen LogP) is 2.09. The van der Waals surface area contributed by atoms with Crippen LogP contribution < -0.4 is 4.74 Å². The van der Waals surface area contributed by atoms with Crippen molar-refractivity contribution in [3.63, 3.8) is 0 Å². The molecule has 3 aromatic rings. The molecule has 31 heavy (non-hydrogen) atoms. The Morgan fingerprint density at radius 1 is 1.10 bits per heavy atom. The monoisotopic (exact) mass is 424 g/mol. The summed E-state index contributed by atoms with van der Waals surface area (Å²) >= 11 is 0. The lowest BCUT2D eigenvalue weighted by molar-refractivity contribution is -0.132. The average Bonchev–Trinajstić information content (AvgIpc) is 3.24. The fraction of sp³-hybridized carbons (Fsp3) is 0.364. The van der Waals surface area contributed by atoms with Crippen LogP contribution in [0.2, 0.25) is 0 Å². The highest BCUT2D eigenvalue weighted by molar-refractivity contribution is 5.79. The summed E-state index contributed by atoms with van der Waals surface area (Å²) in [5.41, 5.74) is 1.56. The maximum absolute atomic E-state index is 13.5. The van der Waals surface area contributed by atoms with Crippen molar-refractivity contribution in [2.45, 2.75) is 19.9 Å². The Morgan fingerprint density at radius 2 is 1.87 bits per heavy atom. The van der Waals surface area contributed by atoms with Gasteiger partial charge in [0.2, 0.25) is 5.91 Å². The topological polar surface area (TPSA) is 76.4 Å². The number of tetrazole rings is 1. The van der Waals surface area contributed by atoms with E-state index in [-0.39, 0.29) is 11.7 Å². The highest BCUT2D eigenvalue weighted by Crippen LogP contribution is 2.15. The highest BCUT2D eigenvalue weighted by Gasteiger charge is 2.23. The van der Waals surface area contributed by atoms with Gasteiger partial charge in [0.1, 0.15) is 11.6 Å². The molecular weight excluding hydrogens is 399 g/mol. The Balaban J connectivity index is 1.30. The Labute approximate surface area is 180 Å². The van der Waals surface area contributed by atoms with Crippen molar-refractivity contribution in [3.8, 4) is 11.4 Å². The third-order valence-electron chi connectivity index (χ3n) is 5.27. The number of aromatic nitrogens is 4. The van der Waals surface area contributed by atoms with Crippen molar-refractivity contribution in [1.29, 1.82) is 0 Å². The summed E-state index contributed by atoms with van der Waals surface area (Å²) in [5, 5.41) is 11.8. The average molecular weight is 424 g/mol. The zero-order valence-corrected chi connectivity index (χ0v) is 17.4. The minimum absolute atomic E-state index is 0.119. The molecule has 1 saturated heterocycles. The van der Waals surface area contributed by atoms with E-state index in [4.69, 9.17) is 4.74 Å². The molecule has 0 aliphatic carbocycles. The number of carbonyl (C=O) groups excluding carboxylic acids is 1. The summed E-state index contributed by atoms with van der Waals surface area (Å²) in [6.07, 6.45) is 0.379. The molecule has 8 nitrogen and oxygen atoms in total. The molecule has 0 atom stereocenters. The van der Waals surface area contributed by atoms with Crippen LogP contribution in [0.3, 0.4) is 0 Å². The molecule has 4 rings (SSSR count). The van der Waals surface area contributed by atoms with E-state index in [1.807, 2.05) is 36.1 Å². The van der Waals surface area contributed by atoms with Crippen LogP contribution in [0.4, 0.5) is 4.39 Å². The number of nitrogens with zero attached hydrogens (tertiary/aromatic N) is 6. The van der Waals surface area contributed by atoms with E-state index in [1.54, 1.807) is 16.8 Å². The van der Waals surface area contributed by atoms with Crippen LogP contribution in [0.25, 0.3) is 5.69 Å². The largest absolute Gasteiger partial charge is 0.494 e. The zero-order chi connectivity index (χ0) is 21.6. The second-order valence-corrected chi connectivity index (χ2v) is 7.40. The van der Waals surface area contributed by atoms with Crippen molar-refractivity contribution in [1.82, 2.24) is 30.0 Å². The highest BCUT2D eigenvalue weighted by atomic mass is 19.1. The predicted molar refractivity (Wildman–Crippen MR) is 112 cm³/mol. The van der Waals surface area contributed by atoms with Gasteiger partial charge in [-0.1, -0.05) is 18.2 Å². The summed E-state index contributed by atoms with van der Waals surface area (Å²) in [5.74, 6) is 1.24. The standard InChI is InChI=1S/C22H25FN6O2/c1-2-31-20-8-6-17(7-9-20)14-22(30)28-12-10-27(11-13-28)16-21-24-25-26-29(21)19-5-3-4-18(23)15-19/h3-9,15H,2,10-14,16H2,1H3. The minimum atomic E-state index is -0.335. The number of amides is 1. The number of hydrogen-bond donors (Lipinski definition) is 0. The molecule has 9 heteroatoms. The molecule has 0 radical (unpaired) electrons. The SMILES string of the molecule is CCOc1ccc(CC(=O)N2CCN(Cc3nnnn3-c3cccc(F)c3)CC2)cc1. The number of ether oxygens (including phenoxy) is 1. The number of carbonyl (C=O) groups is 1. The maximum atomic E-state index is 13.5. The molecule has 1 aliphatic heterocycles. The molecule has 0 N–H and O–H groups in total. The lowest BCUT2D eigenvalue weighted by Gasteiger charge is -2.34. The van der Waals surface area contributed by atoms with E-state index < -0.39 is 0 Å². The van der Waals surface area contributed by atoms with Crippen molar-refractivity contribution < 1.29 is 13.9 Å². The normalized spacial score (nSPS) is 14.6. The van der Waals surface area contributed by atoms with E-state index in [1.165, 1.54) is 12.1 Å². The van der Waals surface area contributed by atoms with Gasteiger partial charge in [-0.25, -0.2) is 4.39 Å². The van der Waals surface area contributed by atoms with Gasteiger partial charge in [0.15, 0.2) is 5.82 Å². The fourth-order valence-electron chi connectivity index (χ4n) is 3.62. The fourth-order valence-corrected chi connectivity index (χ4v) is 3.62. The first-order valence-corrected chi connectivity index (χ1v) is 10.4. The molecule has 0 bridgehead atoms. The van der Waals surface area contributed by atoms with Crippen LogP contribution in [0.5, 0.6) is 5.75 Å². The minimum Gasteiger partial charge on any atom is -0.494 e. The van der Waals surface area contributed by atoms with E-state index in [0.717, 1.165) is 24.4 Å². The summed E-state index contributed by atoms with van der Waals surface area (Å²) in [7, 11) is 0. The molecular formula is C22H25FN6O2. The first-order valence-electron chi connectivity index (χ1n) is 10.4. The Bertz CT molecular complexity index is 1010. The Hall–Kier alpha value is -3.33. The lowest BCUT2D eigenvalue weighted by atomic mass is 10.1. The number of rotatable bonds is 7. The quantitative estimate of drug-likeness (QED) is 0.578. The van der Waals surface area contributed by atoms with E-state index >= 15 is 0 Å². The van der Waals surface area contributed by atoms with Gasteiger partial charge in [0.05, 0.1) is 25.3 Å². The smallest absolute Gasteiger partial charge is 0.227 e. The van der Waals surface area contributed by atoms with Crippen LogP contribution in [0.15, 0.2) is 48.5 Å². The van der Waals surface area contributed by atoms with Gasteiger partial charge in [-0.2, -0.15) is 4.68 Å². The number of piperazine rings is 1. The van der Waals surface area contributed by atoms with Gasteiger partial charge >= 0.3 is 0 Å². The lowest BCUT2D eigenvalue weighted by Crippen LogP contribution is -2.48. The van der Waals surface area contributed by atoms with Gasteiger partial charge < -0.3 is 9.64 Å². The third kappa shape index (κ3) is 5.24. The first kappa shape index (κ1) is 20.9. The number of hydrogen-bond acceptors (Lipinski definition) is 6. The number of halogens is 1. The molecule has 1 aromatic heterocycles. The molecule has 1 fully saturated rings. The van der Waals surface area contributed by atoms with Crippen LogP contribution in [-0.4, -0.2) is 68.7 Å². The Kier molecular flexibility index (Phi) is 6.51. The molecule has 1 aliphatic rings. The second kappa shape index (κ2) is 9.65. The first-order chi connectivity index (χ1) is 15.1. The van der Waals surface area contributed by atoms with Crippen LogP contribution in [0.1, 0.15) is 18.3 Å². The van der Waals surface area contributed by atoms with Gasteiger partial charge in [-0.15, -0.1) is 5.10 Å². The van der Waals surface area contributed by atoms with Crippen molar-refractivity contribution in [2.24, 2.45) is 0 Å². The van der Waals surface area contributed by atoms with Crippen LogP contribution in [0, 0.1) is 5.82 Å². The third-order valence-corrected chi connectivity index (χ3v) is 5.27. The molecule has 162 valence electrons. The zero-order valence-electron chi connectivity index (χ0n) is 17.4. The summed E-state index contributed by atoms with van der Waals surface area (Å²) in [6.45, 7) is 5.85. The molecule has 2 aromatic carbocycles. The van der Waals surface area contributed by atoms with Crippen molar-refractivity contribution >= 4 is 5.91 Å². The Morgan fingerprint density at radius 3 is 2.58 bits per heavy atom. The van der Waals surface area contributed by atoms with Crippen molar-refractivity contribution in [3.05, 3.63) is 65.7 Å². The van der Waals surface area contributed by atoms with Gasteiger partial charge in [0.25, 0.3) is 0 Å². The van der Waals surface area contributed by atoms with Gasteiger partial charge in [-0.05, 0) is 53.2 Å². The summed E-state index contributed by atoms with van der Waals surface area (Å²) in [6, 6.07) is 13.8. The molecule has 0 saturated carbocycles. The van der Waals surface area contributed by atoms with Crippen molar-refractivity contribution in [2.75, 3.05) is 32.8 Å². The molecule has 2 heterocycles. The van der Waals surface area contributed by atoms with E-state index in [0.29, 0.717) is 44.2 Å². The maximum Gasteiger partial charge on any atom is 0.227 e. The van der Waals surface area contributed by atoms with Gasteiger partial charge in [-0.3, -0.25) is 9.69 Å². The van der Waals surface area contributed by atoms with E-state index in [2.05, 4.69) is 20.4 Å². The molecule has 0 spiro atoms. The second-order valence-electron chi connectivity index (χ2n) is 7.40. The van der Waals surface area contributed by atoms with Crippen LogP contribution >= 0.6 is 0 Å². The van der Waals surface area contributed by atoms with Crippen LogP contribution in [-0.2, 0) is 17.8 Å². The number of benzene rings is 2. The molecule has 1 amide bonds. The summed E-state index contributed by atoms with van der Waals surface area (Å²) in [4.78, 5) is 16.8.